The Morgan fingerprint density at radius 3 is 2.35 bits per heavy atom. The topological polar surface area (TPSA) is 12.4 Å². The van der Waals surface area contributed by atoms with Crippen LogP contribution in [0.1, 0.15) is 65.7 Å². The van der Waals surface area contributed by atoms with E-state index >= 15 is 0 Å². The Hall–Kier alpha value is -0.850. The predicted octanol–water partition coefficient (Wildman–Crippen LogP) is 5.29. The molecule has 0 atom stereocenters. The molecule has 0 aliphatic heterocycles. The van der Waals surface area contributed by atoms with Crippen LogP contribution in [0, 0.1) is 5.92 Å². The number of aliphatic imine (C=N–C) groups is 1. The lowest BCUT2D eigenvalue weighted by Gasteiger charge is -2.22. The van der Waals surface area contributed by atoms with Crippen molar-refractivity contribution in [3.05, 3.63) is 23.9 Å². The van der Waals surface area contributed by atoms with Crippen LogP contribution in [0.15, 0.2) is 28.9 Å². The van der Waals surface area contributed by atoms with E-state index in [4.69, 9.17) is 4.99 Å². The van der Waals surface area contributed by atoms with Gasteiger partial charge in [-0.3, -0.25) is 4.99 Å². The zero-order valence-corrected chi connectivity index (χ0v) is 11.8. The van der Waals surface area contributed by atoms with Crippen molar-refractivity contribution in [1.29, 1.82) is 0 Å². The first-order chi connectivity index (χ1) is 8.17. The van der Waals surface area contributed by atoms with Crippen LogP contribution in [0.4, 0.5) is 0 Å². The standard InChI is InChI=1S/C16H27N/c1-5-15(6-2)16(17-13(3)4)12-14-10-8-7-9-11-14/h5,14H,1,6-12H2,2-4H3/b16-15+. The molecule has 0 radical (unpaired) electrons. The van der Waals surface area contributed by atoms with Crippen molar-refractivity contribution in [1.82, 2.24) is 0 Å². The van der Waals surface area contributed by atoms with E-state index in [2.05, 4.69) is 27.4 Å². The van der Waals surface area contributed by atoms with Crippen molar-refractivity contribution >= 4 is 5.71 Å². The van der Waals surface area contributed by atoms with Crippen molar-refractivity contribution in [3.63, 3.8) is 0 Å². The van der Waals surface area contributed by atoms with E-state index in [-0.39, 0.29) is 0 Å². The SMILES string of the molecule is C=C/C(CC)=C(/CC1CCCCC1)N=C(C)C. The Morgan fingerprint density at radius 2 is 1.88 bits per heavy atom. The van der Waals surface area contributed by atoms with Gasteiger partial charge in [0.15, 0.2) is 0 Å². The van der Waals surface area contributed by atoms with Crippen molar-refractivity contribution in [2.45, 2.75) is 65.7 Å². The van der Waals surface area contributed by atoms with Crippen LogP contribution in [-0.4, -0.2) is 5.71 Å². The summed E-state index contributed by atoms with van der Waals surface area (Å²) in [5.41, 5.74) is 3.77. The molecule has 0 aromatic rings. The maximum atomic E-state index is 4.74. The maximum Gasteiger partial charge on any atom is 0.0437 e. The highest BCUT2D eigenvalue weighted by Crippen LogP contribution is 2.31. The first-order valence-corrected chi connectivity index (χ1v) is 7.03. The first kappa shape index (κ1) is 14.2. The van der Waals surface area contributed by atoms with E-state index in [1.165, 1.54) is 43.4 Å². The summed E-state index contributed by atoms with van der Waals surface area (Å²) in [5.74, 6) is 0.850. The molecule has 0 N–H and O–H groups in total. The van der Waals surface area contributed by atoms with Gasteiger partial charge in [-0.1, -0.05) is 51.7 Å². The molecule has 1 rings (SSSR count). The summed E-state index contributed by atoms with van der Waals surface area (Å²) in [6.07, 6.45) is 11.2. The molecule has 1 aliphatic carbocycles. The Labute approximate surface area is 107 Å². The molecule has 0 amide bonds. The van der Waals surface area contributed by atoms with Crippen molar-refractivity contribution in [2.24, 2.45) is 10.9 Å². The van der Waals surface area contributed by atoms with Crippen molar-refractivity contribution < 1.29 is 0 Å². The van der Waals surface area contributed by atoms with Crippen LogP contribution >= 0.6 is 0 Å². The minimum Gasteiger partial charge on any atom is -0.263 e. The Balaban J connectivity index is 2.79. The summed E-state index contributed by atoms with van der Waals surface area (Å²) >= 11 is 0. The van der Waals surface area contributed by atoms with E-state index in [1.54, 1.807) is 0 Å². The molecule has 1 heteroatoms. The molecule has 0 aromatic heterocycles. The van der Waals surface area contributed by atoms with Crippen LogP contribution < -0.4 is 0 Å². The molecule has 0 spiro atoms. The summed E-state index contributed by atoms with van der Waals surface area (Å²) in [5, 5.41) is 0. The van der Waals surface area contributed by atoms with E-state index < -0.39 is 0 Å². The fourth-order valence-electron chi connectivity index (χ4n) is 2.65. The van der Waals surface area contributed by atoms with Crippen LogP contribution in [-0.2, 0) is 0 Å². The van der Waals surface area contributed by atoms with Gasteiger partial charge < -0.3 is 0 Å². The largest absolute Gasteiger partial charge is 0.263 e. The zero-order valence-electron chi connectivity index (χ0n) is 11.8. The van der Waals surface area contributed by atoms with E-state index in [0.29, 0.717) is 0 Å². The van der Waals surface area contributed by atoms with Crippen LogP contribution in [0.3, 0.4) is 0 Å². The minimum absolute atomic E-state index is 0.850. The fraction of sp³-hybridized carbons (Fsp3) is 0.688. The predicted molar refractivity (Wildman–Crippen MR) is 77.5 cm³/mol. The highest BCUT2D eigenvalue weighted by atomic mass is 14.8. The third-order valence-corrected chi connectivity index (χ3v) is 3.56. The Bertz CT molecular complexity index is 299. The Morgan fingerprint density at radius 1 is 1.24 bits per heavy atom. The lowest BCUT2D eigenvalue weighted by molar-refractivity contribution is 0.354. The molecular formula is C16H27N. The number of nitrogens with zero attached hydrogens (tertiary/aromatic N) is 1. The highest BCUT2D eigenvalue weighted by molar-refractivity contribution is 5.80. The van der Waals surface area contributed by atoms with E-state index in [9.17, 15) is 0 Å². The lowest BCUT2D eigenvalue weighted by atomic mass is 9.85. The van der Waals surface area contributed by atoms with Crippen LogP contribution in [0.5, 0.6) is 0 Å². The van der Waals surface area contributed by atoms with Crippen LogP contribution in [0.2, 0.25) is 0 Å². The van der Waals surface area contributed by atoms with Gasteiger partial charge in [-0.15, -0.1) is 0 Å². The average molecular weight is 233 g/mol. The van der Waals surface area contributed by atoms with E-state index in [1.807, 2.05) is 6.08 Å². The molecule has 0 unspecified atom stereocenters. The van der Waals surface area contributed by atoms with Gasteiger partial charge in [0.2, 0.25) is 0 Å². The summed E-state index contributed by atoms with van der Waals surface area (Å²) < 4.78 is 0. The third-order valence-electron chi connectivity index (χ3n) is 3.56. The molecule has 1 aliphatic rings. The molecule has 1 saturated carbocycles. The molecule has 0 saturated heterocycles. The molecule has 17 heavy (non-hydrogen) atoms. The van der Waals surface area contributed by atoms with Gasteiger partial charge in [-0.2, -0.15) is 0 Å². The van der Waals surface area contributed by atoms with Gasteiger partial charge in [0.25, 0.3) is 0 Å². The second-order valence-electron chi connectivity index (χ2n) is 5.30. The molecule has 1 fully saturated rings. The second-order valence-corrected chi connectivity index (χ2v) is 5.30. The molecule has 96 valence electrons. The molecule has 1 nitrogen and oxygen atoms in total. The number of rotatable bonds is 5. The first-order valence-electron chi connectivity index (χ1n) is 7.03. The Kier molecular flexibility index (Phi) is 6.25. The molecule has 0 heterocycles. The number of hydrogen-bond acceptors (Lipinski definition) is 1. The molecular weight excluding hydrogens is 206 g/mol. The van der Waals surface area contributed by atoms with E-state index in [0.717, 1.165) is 24.5 Å². The number of allylic oxidation sites excluding steroid dienone is 3. The smallest absolute Gasteiger partial charge is 0.0437 e. The average Bonchev–Trinajstić information content (AvgIpc) is 2.31. The molecule has 0 aromatic carbocycles. The minimum atomic E-state index is 0.850. The fourth-order valence-corrected chi connectivity index (χ4v) is 2.65. The second kappa shape index (κ2) is 7.47. The summed E-state index contributed by atoms with van der Waals surface area (Å²) in [7, 11) is 0. The van der Waals surface area contributed by atoms with Gasteiger partial charge in [-0.05, 0) is 38.2 Å². The highest BCUT2D eigenvalue weighted by Gasteiger charge is 2.16. The van der Waals surface area contributed by atoms with Gasteiger partial charge >= 0.3 is 0 Å². The summed E-state index contributed by atoms with van der Waals surface area (Å²) in [6.45, 7) is 10.3. The third kappa shape index (κ3) is 4.89. The quantitative estimate of drug-likeness (QED) is 0.452. The van der Waals surface area contributed by atoms with Gasteiger partial charge in [0.05, 0.1) is 0 Å². The maximum absolute atomic E-state index is 4.74. The van der Waals surface area contributed by atoms with Crippen molar-refractivity contribution in [2.75, 3.05) is 0 Å². The van der Waals surface area contributed by atoms with Crippen LogP contribution in [0.25, 0.3) is 0 Å². The lowest BCUT2D eigenvalue weighted by Crippen LogP contribution is -2.08. The van der Waals surface area contributed by atoms with Gasteiger partial charge in [0, 0.05) is 11.4 Å². The van der Waals surface area contributed by atoms with Gasteiger partial charge in [0.1, 0.15) is 0 Å². The monoisotopic (exact) mass is 233 g/mol. The zero-order chi connectivity index (χ0) is 12.7. The van der Waals surface area contributed by atoms with Crippen molar-refractivity contribution in [3.8, 4) is 0 Å². The summed E-state index contributed by atoms with van der Waals surface area (Å²) in [4.78, 5) is 4.74. The van der Waals surface area contributed by atoms with Gasteiger partial charge in [-0.25, -0.2) is 0 Å². The molecule has 0 bridgehead atoms. The summed E-state index contributed by atoms with van der Waals surface area (Å²) in [6, 6.07) is 0. The normalized spacial score (nSPS) is 18.5. The number of hydrogen-bond donors (Lipinski definition) is 0.